The number of ether oxygens (including phenoxy) is 1. The average Bonchev–Trinajstić information content (AvgIpc) is 2.54. The third-order valence-corrected chi connectivity index (χ3v) is 1.75. The maximum atomic E-state index is 11.4. The summed E-state index contributed by atoms with van der Waals surface area (Å²) in [4.78, 5) is 12.7. The Bertz CT molecular complexity index is 310. The van der Waals surface area contributed by atoms with Crippen LogP contribution in [0.3, 0.4) is 0 Å². The van der Waals surface area contributed by atoms with Crippen molar-refractivity contribution >= 4 is 11.8 Å². The van der Waals surface area contributed by atoms with Crippen LogP contribution in [0, 0.1) is 0 Å². The first-order chi connectivity index (χ1) is 6.69. The predicted molar refractivity (Wildman–Crippen MR) is 50.4 cm³/mol. The van der Waals surface area contributed by atoms with E-state index in [0.717, 1.165) is 0 Å². The average molecular weight is 198 g/mol. The Kier molecular flexibility index (Phi) is 3.44. The molecule has 0 fully saturated rings. The monoisotopic (exact) mass is 198 g/mol. The fourth-order valence-corrected chi connectivity index (χ4v) is 1.10. The van der Waals surface area contributed by atoms with E-state index < -0.39 is 6.04 Å². The maximum Gasteiger partial charge on any atom is 0.332 e. The van der Waals surface area contributed by atoms with Crippen LogP contribution in [0.5, 0.6) is 0 Å². The van der Waals surface area contributed by atoms with E-state index in [1.165, 1.54) is 11.0 Å². The van der Waals surface area contributed by atoms with E-state index in [1.807, 2.05) is 6.92 Å². The Morgan fingerprint density at radius 2 is 2.43 bits per heavy atom. The van der Waals surface area contributed by atoms with E-state index in [2.05, 4.69) is 10.2 Å². The van der Waals surface area contributed by atoms with Gasteiger partial charge in [-0.3, -0.25) is 0 Å². The van der Waals surface area contributed by atoms with Crippen LogP contribution in [0.1, 0.15) is 26.3 Å². The van der Waals surface area contributed by atoms with Crippen molar-refractivity contribution < 1.29 is 9.53 Å². The van der Waals surface area contributed by atoms with Gasteiger partial charge in [0.25, 0.3) is 0 Å². The lowest BCUT2D eigenvalue weighted by Crippen LogP contribution is -2.23. The molecule has 6 nitrogen and oxygen atoms in total. The number of rotatable bonds is 4. The number of carbonyl (C=O) groups is 1. The van der Waals surface area contributed by atoms with Gasteiger partial charge in [0.2, 0.25) is 0 Å². The lowest BCUT2D eigenvalue weighted by molar-refractivity contribution is -0.147. The minimum absolute atomic E-state index is 0.299. The quantitative estimate of drug-likeness (QED) is 0.707. The molecule has 0 bridgehead atoms. The molecule has 1 aromatic heterocycles. The molecule has 1 rings (SSSR count). The number of anilines is 1. The molecule has 0 aliphatic heterocycles. The summed E-state index contributed by atoms with van der Waals surface area (Å²) in [6.07, 6.45) is 1.98. The molecule has 6 heteroatoms. The van der Waals surface area contributed by atoms with Gasteiger partial charge < -0.3 is 10.5 Å². The first-order valence-electron chi connectivity index (χ1n) is 4.53. The molecule has 1 aromatic rings. The molecule has 1 atom stereocenters. The number of aromatic nitrogens is 3. The summed E-state index contributed by atoms with van der Waals surface area (Å²) in [6, 6.07) is -0.479. The molecule has 14 heavy (non-hydrogen) atoms. The fourth-order valence-electron chi connectivity index (χ4n) is 1.10. The lowest BCUT2D eigenvalue weighted by Gasteiger charge is -2.11. The normalized spacial score (nSPS) is 12.4. The fraction of sp³-hybridized carbons (Fsp3) is 0.625. The van der Waals surface area contributed by atoms with Crippen LogP contribution in [0.25, 0.3) is 0 Å². The number of esters is 1. The summed E-state index contributed by atoms with van der Waals surface area (Å²) in [5.74, 6) is -0.0293. The molecular weight excluding hydrogens is 184 g/mol. The highest BCUT2D eigenvalue weighted by molar-refractivity contribution is 5.73. The first-order valence-corrected chi connectivity index (χ1v) is 4.53. The smallest absolute Gasteiger partial charge is 0.332 e. The molecule has 1 heterocycles. The highest BCUT2D eigenvalue weighted by Gasteiger charge is 2.21. The maximum absolute atomic E-state index is 11.4. The number of nitrogen functional groups attached to an aromatic ring is 1. The van der Waals surface area contributed by atoms with Crippen molar-refractivity contribution in [3.8, 4) is 0 Å². The van der Waals surface area contributed by atoms with Crippen molar-refractivity contribution in [2.24, 2.45) is 0 Å². The number of nitrogens with zero attached hydrogens (tertiary/aromatic N) is 3. The second-order valence-electron chi connectivity index (χ2n) is 2.77. The minimum Gasteiger partial charge on any atom is -0.464 e. The van der Waals surface area contributed by atoms with Gasteiger partial charge in [0, 0.05) is 0 Å². The van der Waals surface area contributed by atoms with Crippen LogP contribution in [0.4, 0.5) is 5.82 Å². The zero-order valence-electron chi connectivity index (χ0n) is 8.30. The van der Waals surface area contributed by atoms with E-state index >= 15 is 0 Å². The third kappa shape index (κ3) is 2.21. The number of hydrogen-bond donors (Lipinski definition) is 1. The predicted octanol–water partition coefficient (Wildman–Crippen LogP) is 0.374. The summed E-state index contributed by atoms with van der Waals surface area (Å²) in [7, 11) is 0. The Morgan fingerprint density at radius 1 is 1.71 bits per heavy atom. The standard InChI is InChI=1S/C8H14N4O2/c1-3-6(8(13)14-4-2)12-10-5-7(9)11-12/h5-6H,3-4H2,1-2H3,(H2,9,11). The summed E-state index contributed by atoms with van der Waals surface area (Å²) in [5.41, 5.74) is 5.40. The van der Waals surface area contributed by atoms with Gasteiger partial charge in [0.1, 0.15) is 0 Å². The van der Waals surface area contributed by atoms with Gasteiger partial charge in [0.15, 0.2) is 11.9 Å². The Balaban J connectivity index is 2.76. The zero-order valence-corrected chi connectivity index (χ0v) is 8.30. The molecule has 2 N–H and O–H groups in total. The van der Waals surface area contributed by atoms with Crippen molar-refractivity contribution in [2.45, 2.75) is 26.3 Å². The van der Waals surface area contributed by atoms with Gasteiger partial charge in [-0.25, -0.2) is 4.79 Å². The van der Waals surface area contributed by atoms with Gasteiger partial charge in [0.05, 0.1) is 12.8 Å². The van der Waals surface area contributed by atoms with Crippen molar-refractivity contribution in [2.75, 3.05) is 12.3 Å². The molecule has 1 unspecified atom stereocenters. The van der Waals surface area contributed by atoms with Gasteiger partial charge in [-0.1, -0.05) is 6.92 Å². The molecule has 0 saturated heterocycles. The largest absolute Gasteiger partial charge is 0.464 e. The molecule has 0 spiro atoms. The molecule has 78 valence electrons. The zero-order chi connectivity index (χ0) is 10.6. The SMILES string of the molecule is CCOC(=O)C(CC)n1ncc(N)n1. The van der Waals surface area contributed by atoms with Crippen LogP contribution >= 0.6 is 0 Å². The number of hydrogen-bond acceptors (Lipinski definition) is 5. The summed E-state index contributed by atoms with van der Waals surface area (Å²) in [5, 5.41) is 7.74. The Hall–Kier alpha value is -1.59. The molecule has 0 amide bonds. The lowest BCUT2D eigenvalue weighted by atomic mass is 10.2. The summed E-state index contributed by atoms with van der Waals surface area (Å²) in [6.45, 7) is 3.97. The molecule has 0 radical (unpaired) electrons. The molecular formula is C8H14N4O2. The van der Waals surface area contributed by atoms with Gasteiger partial charge >= 0.3 is 5.97 Å². The highest BCUT2D eigenvalue weighted by Crippen LogP contribution is 2.11. The van der Waals surface area contributed by atoms with Crippen LogP contribution in [-0.4, -0.2) is 27.6 Å². The number of nitrogens with two attached hydrogens (primary N) is 1. The van der Waals surface area contributed by atoms with Gasteiger partial charge in [-0.2, -0.15) is 9.90 Å². The third-order valence-electron chi connectivity index (χ3n) is 1.75. The van der Waals surface area contributed by atoms with Crippen molar-refractivity contribution in [3.05, 3.63) is 6.20 Å². The van der Waals surface area contributed by atoms with Gasteiger partial charge in [-0.15, -0.1) is 5.10 Å². The van der Waals surface area contributed by atoms with E-state index in [9.17, 15) is 4.79 Å². The van der Waals surface area contributed by atoms with Crippen LogP contribution in [0.15, 0.2) is 6.20 Å². The first kappa shape index (κ1) is 10.5. The van der Waals surface area contributed by atoms with E-state index in [4.69, 9.17) is 10.5 Å². The van der Waals surface area contributed by atoms with Crippen molar-refractivity contribution in [1.29, 1.82) is 0 Å². The van der Waals surface area contributed by atoms with Crippen molar-refractivity contribution in [1.82, 2.24) is 15.0 Å². The second-order valence-corrected chi connectivity index (χ2v) is 2.77. The highest BCUT2D eigenvalue weighted by atomic mass is 16.5. The van der Waals surface area contributed by atoms with Crippen LogP contribution in [0.2, 0.25) is 0 Å². The van der Waals surface area contributed by atoms with E-state index in [0.29, 0.717) is 18.8 Å². The molecule has 0 aliphatic rings. The molecule has 0 aromatic carbocycles. The number of carbonyl (C=O) groups excluding carboxylic acids is 1. The molecule has 0 aliphatic carbocycles. The Morgan fingerprint density at radius 3 is 2.86 bits per heavy atom. The second kappa shape index (κ2) is 4.59. The Labute approximate surface area is 82.0 Å². The minimum atomic E-state index is -0.479. The van der Waals surface area contributed by atoms with E-state index in [-0.39, 0.29) is 5.97 Å². The summed E-state index contributed by atoms with van der Waals surface area (Å²) >= 11 is 0. The molecule has 0 saturated carbocycles. The van der Waals surface area contributed by atoms with Crippen LogP contribution in [-0.2, 0) is 9.53 Å². The van der Waals surface area contributed by atoms with Crippen LogP contribution < -0.4 is 5.73 Å². The topological polar surface area (TPSA) is 83.0 Å². The summed E-state index contributed by atoms with van der Waals surface area (Å²) < 4.78 is 4.88. The van der Waals surface area contributed by atoms with Gasteiger partial charge in [-0.05, 0) is 13.3 Å². The van der Waals surface area contributed by atoms with Crippen molar-refractivity contribution in [3.63, 3.8) is 0 Å². The van der Waals surface area contributed by atoms with E-state index in [1.54, 1.807) is 6.92 Å².